The number of anilines is 1. The number of hydrogen-bond acceptors (Lipinski definition) is 5. The first-order valence-corrected chi connectivity index (χ1v) is 10.0. The Morgan fingerprint density at radius 2 is 1.96 bits per heavy atom. The fraction of sp³-hybridized carbons (Fsp3) is 0.353. The summed E-state index contributed by atoms with van der Waals surface area (Å²) in [5, 5.41) is 2.47. The average molecular weight is 410 g/mol. The van der Waals surface area contributed by atoms with Gasteiger partial charge < -0.3 is 10.3 Å². The van der Waals surface area contributed by atoms with E-state index in [4.69, 9.17) is 0 Å². The molecule has 0 spiro atoms. The number of aromatic nitrogens is 2. The summed E-state index contributed by atoms with van der Waals surface area (Å²) in [4.78, 5) is 39.5. The van der Waals surface area contributed by atoms with Gasteiger partial charge in [0.25, 0.3) is 5.56 Å². The third-order valence-electron chi connectivity index (χ3n) is 4.56. The largest absolute Gasteiger partial charge is 0.325 e. The molecule has 1 aliphatic rings. The number of sulfonamides is 1. The third-order valence-corrected chi connectivity index (χ3v) is 6.58. The number of H-pyrrole nitrogens is 2. The SMILES string of the molecule is Cc1[nH]c(=O)[nH]c(=O)c1S(=O)(=O)N1CCCC(C(=O)Nc2ccccc2F)C1. The normalized spacial score (nSPS) is 18.0. The highest BCUT2D eigenvalue weighted by Crippen LogP contribution is 2.24. The van der Waals surface area contributed by atoms with Gasteiger partial charge in [-0.15, -0.1) is 0 Å². The number of rotatable bonds is 4. The van der Waals surface area contributed by atoms with Crippen molar-refractivity contribution in [3.8, 4) is 0 Å². The molecule has 0 radical (unpaired) electrons. The number of nitrogens with zero attached hydrogens (tertiary/aromatic N) is 1. The number of piperidine rings is 1. The van der Waals surface area contributed by atoms with Gasteiger partial charge in [0.15, 0.2) is 4.90 Å². The maximum absolute atomic E-state index is 13.7. The molecule has 0 saturated carbocycles. The zero-order chi connectivity index (χ0) is 20.5. The Kier molecular flexibility index (Phi) is 5.47. The molecule has 1 aromatic heterocycles. The van der Waals surface area contributed by atoms with Crippen LogP contribution in [-0.2, 0) is 14.8 Å². The van der Waals surface area contributed by atoms with Gasteiger partial charge in [-0.25, -0.2) is 17.6 Å². The summed E-state index contributed by atoms with van der Waals surface area (Å²) >= 11 is 0. The lowest BCUT2D eigenvalue weighted by atomic mass is 9.98. The second-order valence-corrected chi connectivity index (χ2v) is 8.41. The second kappa shape index (κ2) is 7.68. The number of hydrogen-bond donors (Lipinski definition) is 3. The van der Waals surface area contributed by atoms with Crippen molar-refractivity contribution in [3.05, 3.63) is 56.6 Å². The highest BCUT2D eigenvalue weighted by Gasteiger charge is 2.36. The van der Waals surface area contributed by atoms with E-state index in [9.17, 15) is 27.2 Å². The molecule has 0 bridgehead atoms. The smallest absolute Gasteiger partial charge is 0.323 e. The highest BCUT2D eigenvalue weighted by molar-refractivity contribution is 7.89. The van der Waals surface area contributed by atoms with Crippen molar-refractivity contribution < 1.29 is 17.6 Å². The molecule has 150 valence electrons. The molecular weight excluding hydrogens is 391 g/mol. The van der Waals surface area contributed by atoms with E-state index >= 15 is 0 Å². The zero-order valence-corrected chi connectivity index (χ0v) is 15.8. The first-order valence-electron chi connectivity index (χ1n) is 8.59. The first kappa shape index (κ1) is 20.0. The molecular formula is C17H19FN4O5S. The lowest BCUT2D eigenvalue weighted by Gasteiger charge is -2.31. The summed E-state index contributed by atoms with van der Waals surface area (Å²) in [5.41, 5.74) is -1.88. The minimum atomic E-state index is -4.22. The van der Waals surface area contributed by atoms with Gasteiger partial charge >= 0.3 is 5.69 Å². The van der Waals surface area contributed by atoms with E-state index in [-0.39, 0.29) is 24.5 Å². The predicted octanol–water partition coefficient (Wildman–Crippen LogP) is 0.550. The van der Waals surface area contributed by atoms with Crippen LogP contribution in [0.15, 0.2) is 38.8 Å². The van der Waals surface area contributed by atoms with Crippen molar-refractivity contribution in [2.75, 3.05) is 18.4 Å². The first-order chi connectivity index (χ1) is 13.2. The minimum Gasteiger partial charge on any atom is -0.323 e. The lowest BCUT2D eigenvalue weighted by Crippen LogP contribution is -2.45. The van der Waals surface area contributed by atoms with E-state index in [1.54, 1.807) is 6.07 Å². The quantitative estimate of drug-likeness (QED) is 0.677. The van der Waals surface area contributed by atoms with E-state index < -0.39 is 43.8 Å². The molecule has 1 saturated heterocycles. The summed E-state index contributed by atoms with van der Waals surface area (Å²) in [6.45, 7) is 1.29. The number of benzene rings is 1. The molecule has 11 heteroatoms. The Bertz CT molecular complexity index is 1120. The Morgan fingerprint density at radius 3 is 2.64 bits per heavy atom. The molecule has 1 atom stereocenters. The van der Waals surface area contributed by atoms with Crippen molar-refractivity contribution in [2.24, 2.45) is 5.92 Å². The molecule has 3 N–H and O–H groups in total. The topological polar surface area (TPSA) is 132 Å². The predicted molar refractivity (Wildman–Crippen MR) is 98.9 cm³/mol. The fourth-order valence-corrected chi connectivity index (χ4v) is 4.93. The molecule has 2 aromatic rings. The molecule has 9 nitrogen and oxygen atoms in total. The van der Waals surface area contributed by atoms with Gasteiger partial charge in [-0.3, -0.25) is 14.6 Å². The number of aromatic amines is 2. The lowest BCUT2D eigenvalue weighted by molar-refractivity contribution is -0.120. The molecule has 3 rings (SSSR count). The van der Waals surface area contributed by atoms with Gasteiger partial charge in [0, 0.05) is 18.8 Å². The monoisotopic (exact) mass is 410 g/mol. The molecule has 1 aromatic carbocycles. The average Bonchev–Trinajstić information content (AvgIpc) is 2.62. The molecule has 1 aliphatic heterocycles. The number of para-hydroxylation sites is 1. The van der Waals surface area contributed by atoms with Crippen molar-refractivity contribution in [1.82, 2.24) is 14.3 Å². The van der Waals surface area contributed by atoms with Crippen LogP contribution in [0.25, 0.3) is 0 Å². The Hall–Kier alpha value is -2.79. The summed E-state index contributed by atoms with van der Waals surface area (Å²) in [6.07, 6.45) is 0.822. The molecule has 28 heavy (non-hydrogen) atoms. The Labute approximate surface area is 159 Å². The summed E-state index contributed by atoms with van der Waals surface area (Å²) in [7, 11) is -4.22. The number of nitrogens with one attached hydrogen (secondary N) is 3. The summed E-state index contributed by atoms with van der Waals surface area (Å²) < 4.78 is 40.6. The maximum atomic E-state index is 13.7. The number of halogens is 1. The van der Waals surface area contributed by atoms with E-state index in [1.807, 2.05) is 4.98 Å². The Morgan fingerprint density at radius 1 is 1.25 bits per heavy atom. The van der Waals surface area contributed by atoms with Crippen LogP contribution in [0.1, 0.15) is 18.5 Å². The van der Waals surface area contributed by atoms with Gasteiger partial charge in [0.05, 0.1) is 11.6 Å². The standard InChI is InChI=1S/C17H19FN4O5S/c1-10-14(16(24)21-17(25)19-10)28(26,27)22-8-4-5-11(9-22)15(23)20-13-7-3-2-6-12(13)18/h2-3,6-7,11H,4-5,8-9H2,1H3,(H,20,23)(H2,19,21,24,25). The Balaban J connectivity index is 1.83. The van der Waals surface area contributed by atoms with Crippen LogP contribution in [-0.4, -0.2) is 41.7 Å². The van der Waals surface area contributed by atoms with Crippen molar-refractivity contribution in [1.29, 1.82) is 0 Å². The minimum absolute atomic E-state index is 0.0143. The molecule has 1 fully saturated rings. The second-order valence-electron chi connectivity index (χ2n) is 6.53. The van der Waals surface area contributed by atoms with Crippen LogP contribution in [0.3, 0.4) is 0 Å². The van der Waals surface area contributed by atoms with Gasteiger partial charge in [0.1, 0.15) is 5.82 Å². The molecule has 2 heterocycles. The van der Waals surface area contributed by atoms with Gasteiger partial charge in [-0.05, 0) is 31.9 Å². The molecule has 1 amide bonds. The van der Waals surface area contributed by atoms with Gasteiger partial charge in [-0.2, -0.15) is 4.31 Å². The van der Waals surface area contributed by atoms with Gasteiger partial charge in [0.2, 0.25) is 15.9 Å². The maximum Gasteiger partial charge on any atom is 0.325 e. The number of amides is 1. The molecule has 1 unspecified atom stereocenters. The van der Waals surface area contributed by atoms with Crippen molar-refractivity contribution in [2.45, 2.75) is 24.7 Å². The van der Waals surface area contributed by atoms with Crippen LogP contribution >= 0.6 is 0 Å². The molecule has 0 aliphatic carbocycles. The summed E-state index contributed by atoms with van der Waals surface area (Å²) in [5.74, 6) is -1.80. The van der Waals surface area contributed by atoms with Crippen LogP contribution in [0, 0.1) is 18.7 Å². The highest BCUT2D eigenvalue weighted by atomic mass is 32.2. The van der Waals surface area contributed by atoms with Crippen LogP contribution < -0.4 is 16.6 Å². The van der Waals surface area contributed by atoms with Crippen molar-refractivity contribution in [3.63, 3.8) is 0 Å². The van der Waals surface area contributed by atoms with Crippen LogP contribution in [0.4, 0.5) is 10.1 Å². The zero-order valence-electron chi connectivity index (χ0n) is 15.0. The van der Waals surface area contributed by atoms with Crippen LogP contribution in [0.2, 0.25) is 0 Å². The number of aryl methyl sites for hydroxylation is 1. The van der Waals surface area contributed by atoms with E-state index in [1.165, 1.54) is 25.1 Å². The van der Waals surface area contributed by atoms with Gasteiger partial charge in [-0.1, -0.05) is 12.1 Å². The number of carbonyl (C=O) groups is 1. The van der Waals surface area contributed by atoms with Crippen LogP contribution in [0.5, 0.6) is 0 Å². The third kappa shape index (κ3) is 3.90. The van der Waals surface area contributed by atoms with Crippen molar-refractivity contribution >= 4 is 21.6 Å². The number of carbonyl (C=O) groups excluding carboxylic acids is 1. The van der Waals surface area contributed by atoms with E-state index in [2.05, 4.69) is 10.3 Å². The van der Waals surface area contributed by atoms with E-state index in [0.717, 1.165) is 4.31 Å². The fourth-order valence-electron chi connectivity index (χ4n) is 3.20. The summed E-state index contributed by atoms with van der Waals surface area (Å²) in [6, 6.07) is 5.68. The van der Waals surface area contributed by atoms with E-state index in [0.29, 0.717) is 12.8 Å².